The molecule has 5 amide bonds. The quantitative estimate of drug-likeness (QED) is 0.0572. The molecule has 1 rings (SSSR count). The second-order valence-corrected chi connectivity index (χ2v) is 31.0. The number of nitrogens with one attached hydrogen (secondary N) is 4. The van der Waals surface area contributed by atoms with Gasteiger partial charge in [-0.05, 0) is 74.8 Å². The zero-order valence-corrected chi connectivity index (χ0v) is 44.6. The van der Waals surface area contributed by atoms with E-state index in [1.54, 1.807) is 20.9 Å². The van der Waals surface area contributed by atoms with Crippen molar-refractivity contribution >= 4 is 52.1 Å². The molecule has 1 saturated heterocycles. The molecule has 0 spiro atoms. The van der Waals surface area contributed by atoms with Gasteiger partial charge in [0.05, 0.1) is 18.6 Å². The van der Waals surface area contributed by atoms with Crippen LogP contribution in [-0.4, -0.2) is 114 Å². The third-order valence-corrected chi connectivity index (χ3v) is 22.5. The van der Waals surface area contributed by atoms with E-state index < -0.39 is 95.1 Å². The summed E-state index contributed by atoms with van der Waals surface area (Å²) < 4.78 is 19.2. The van der Waals surface area contributed by atoms with Gasteiger partial charge < -0.3 is 39.8 Å². The molecule has 0 aromatic heterocycles. The molecule has 1 fully saturated rings. The highest BCUT2D eigenvalue weighted by Gasteiger charge is 2.44. The minimum atomic E-state index is -2.50. The van der Waals surface area contributed by atoms with Gasteiger partial charge in [-0.3, -0.25) is 28.8 Å². The highest BCUT2D eigenvalue weighted by atomic mass is 28.4. The van der Waals surface area contributed by atoms with Crippen molar-refractivity contribution < 1.29 is 42.4 Å². The molecule has 0 bridgehead atoms. The van der Waals surface area contributed by atoms with Crippen molar-refractivity contribution in [3.63, 3.8) is 0 Å². The fourth-order valence-corrected chi connectivity index (χ4v) is 9.48. The summed E-state index contributed by atoms with van der Waals surface area (Å²) in [6.07, 6.45) is 8.38. The minimum Gasteiger partial charge on any atom is -0.460 e. The van der Waals surface area contributed by atoms with Crippen LogP contribution in [0.25, 0.3) is 0 Å². The Bertz CT molecular complexity index is 1480. The molecule has 0 aromatic rings. The van der Waals surface area contributed by atoms with Crippen LogP contribution >= 0.6 is 0 Å². The zero-order valence-electron chi connectivity index (χ0n) is 42.6. The van der Waals surface area contributed by atoms with Crippen LogP contribution in [0.1, 0.15) is 160 Å². The summed E-state index contributed by atoms with van der Waals surface area (Å²) >= 11 is 0. The van der Waals surface area contributed by atoms with E-state index in [0.29, 0.717) is 19.3 Å². The molecule has 7 atom stereocenters. The Kier molecular flexibility index (Phi) is 24.3. The molecule has 0 aliphatic carbocycles. The summed E-state index contributed by atoms with van der Waals surface area (Å²) in [5, 5.41) is 10.9. The number of esters is 1. The minimum absolute atomic E-state index is 0.0115. The summed E-state index contributed by atoms with van der Waals surface area (Å²) in [5.41, 5.74) is 0. The number of hydrogen-bond acceptors (Lipinski definition) is 9. The van der Waals surface area contributed by atoms with Crippen molar-refractivity contribution in [2.45, 2.75) is 233 Å². The SMILES string of the molecule is CCCCCCCCCC[C@H]1OC(=O)CNC(=O)[C@H]([C@H](C)O[Si](C)(C)C(C)(C)C)NC(=O)[C@H](CO[Si](C)(C)C(C)(C)C)NC(=O)[C@H](CCC)NC(=O)[C@H](CC(C)C)N(C)C(=O)[C@@H]1C. The van der Waals surface area contributed by atoms with Crippen molar-refractivity contribution in [1.82, 2.24) is 26.2 Å². The molecule has 63 heavy (non-hydrogen) atoms. The normalized spacial score (nSPS) is 24.1. The number of ether oxygens (including phenoxy) is 1. The largest absolute Gasteiger partial charge is 0.460 e. The lowest BCUT2D eigenvalue weighted by Gasteiger charge is -2.40. The Morgan fingerprint density at radius 3 is 1.75 bits per heavy atom. The van der Waals surface area contributed by atoms with Gasteiger partial charge in [0, 0.05) is 7.05 Å². The molecule has 0 aromatic carbocycles. The summed E-state index contributed by atoms with van der Waals surface area (Å²) in [6.45, 7) is 31.3. The summed E-state index contributed by atoms with van der Waals surface area (Å²) in [4.78, 5) is 86.7. The standard InChI is InChI=1S/C47H91N5O9Si2/c1-18-20-21-22-23-24-25-26-28-38-33(5)45(58)52(13)37(29-32(3)4)43(56)49-35(27-19-2)41(54)50-36(31-59-62(14,15)46(7,8)9)42(55)51-40(44(57)48-30-39(53)60-38)34(6)61-63(16,17)47(10,11)12/h32-38,40H,18-31H2,1-17H3,(H,48,57)(H,49,56)(H,50,54)(H,51,55)/t33-,34+,35+,36+,37+,38-,40+/m1/s1. The first kappa shape index (κ1) is 58.2. The molecule has 366 valence electrons. The highest BCUT2D eigenvalue weighted by Crippen LogP contribution is 2.38. The van der Waals surface area contributed by atoms with Crippen LogP contribution in [0.15, 0.2) is 0 Å². The second kappa shape index (κ2) is 26.4. The van der Waals surface area contributed by atoms with Crippen LogP contribution in [0.4, 0.5) is 0 Å². The lowest BCUT2D eigenvalue weighted by molar-refractivity contribution is -0.157. The maximum atomic E-state index is 14.5. The third-order valence-electron chi connectivity index (χ3n) is 13.4. The maximum absolute atomic E-state index is 14.5. The summed E-state index contributed by atoms with van der Waals surface area (Å²) in [6, 6.07) is -4.52. The number of amides is 5. The van der Waals surface area contributed by atoms with Crippen molar-refractivity contribution in [3.8, 4) is 0 Å². The number of carbonyl (C=O) groups excluding carboxylic acids is 6. The molecular formula is C47H91N5O9Si2. The van der Waals surface area contributed by atoms with Crippen molar-refractivity contribution in [2.24, 2.45) is 11.8 Å². The molecule has 16 heteroatoms. The van der Waals surface area contributed by atoms with E-state index in [2.05, 4.69) is 69.7 Å². The van der Waals surface area contributed by atoms with Gasteiger partial charge in [-0.2, -0.15) is 0 Å². The zero-order chi connectivity index (χ0) is 48.5. The number of rotatable bonds is 19. The first-order valence-corrected chi connectivity index (χ1v) is 29.8. The van der Waals surface area contributed by atoms with E-state index in [9.17, 15) is 28.8 Å². The highest BCUT2D eigenvalue weighted by molar-refractivity contribution is 6.74. The number of unbranched alkanes of at least 4 members (excludes halogenated alkanes) is 7. The first-order valence-electron chi connectivity index (χ1n) is 24.0. The Morgan fingerprint density at radius 1 is 0.698 bits per heavy atom. The number of carbonyl (C=O) groups is 6. The number of hydrogen-bond donors (Lipinski definition) is 4. The second-order valence-electron chi connectivity index (χ2n) is 21.4. The summed E-state index contributed by atoms with van der Waals surface area (Å²) in [7, 11) is -3.40. The van der Waals surface area contributed by atoms with Gasteiger partial charge in [0.1, 0.15) is 36.8 Å². The Labute approximate surface area is 384 Å². The average molecular weight is 926 g/mol. The van der Waals surface area contributed by atoms with Gasteiger partial charge in [0.2, 0.25) is 29.5 Å². The molecule has 1 aliphatic heterocycles. The van der Waals surface area contributed by atoms with Gasteiger partial charge in [0.25, 0.3) is 0 Å². The van der Waals surface area contributed by atoms with Crippen LogP contribution < -0.4 is 21.3 Å². The Balaban J connectivity index is 3.85. The molecule has 4 N–H and O–H groups in total. The fraction of sp³-hybridized carbons (Fsp3) is 0.872. The van der Waals surface area contributed by atoms with E-state index in [1.165, 1.54) is 24.2 Å². The predicted octanol–water partition coefficient (Wildman–Crippen LogP) is 7.75. The van der Waals surface area contributed by atoms with Gasteiger partial charge in [0.15, 0.2) is 16.6 Å². The number of cyclic esters (lactones) is 1. The van der Waals surface area contributed by atoms with Gasteiger partial charge in [-0.25, -0.2) is 0 Å². The van der Waals surface area contributed by atoms with E-state index in [0.717, 1.165) is 32.1 Å². The Morgan fingerprint density at radius 2 is 1.22 bits per heavy atom. The van der Waals surface area contributed by atoms with E-state index >= 15 is 0 Å². The maximum Gasteiger partial charge on any atom is 0.325 e. The van der Waals surface area contributed by atoms with Crippen LogP contribution in [0.2, 0.25) is 36.3 Å². The first-order chi connectivity index (χ1) is 29.0. The molecule has 1 aliphatic rings. The topological polar surface area (TPSA) is 181 Å². The Hall–Kier alpha value is -2.83. The predicted molar refractivity (Wildman–Crippen MR) is 257 cm³/mol. The van der Waals surface area contributed by atoms with Crippen LogP contribution in [0.3, 0.4) is 0 Å². The van der Waals surface area contributed by atoms with Crippen LogP contribution in [0, 0.1) is 11.8 Å². The molecule has 0 unspecified atom stereocenters. The molecule has 14 nitrogen and oxygen atoms in total. The molecule has 0 saturated carbocycles. The smallest absolute Gasteiger partial charge is 0.325 e. The number of likely N-dealkylation sites (N-methyl/N-ethyl adjacent to an activating group) is 1. The van der Waals surface area contributed by atoms with Gasteiger partial charge in [-0.1, -0.05) is 128 Å². The lowest BCUT2D eigenvalue weighted by atomic mass is 9.94. The van der Waals surface area contributed by atoms with Crippen molar-refractivity contribution in [2.75, 3.05) is 20.2 Å². The molecule has 0 radical (unpaired) electrons. The van der Waals surface area contributed by atoms with Gasteiger partial charge >= 0.3 is 5.97 Å². The monoisotopic (exact) mass is 926 g/mol. The fourth-order valence-electron chi connectivity index (χ4n) is 7.04. The van der Waals surface area contributed by atoms with Crippen LogP contribution in [-0.2, 0) is 42.4 Å². The van der Waals surface area contributed by atoms with Crippen molar-refractivity contribution in [1.29, 1.82) is 0 Å². The van der Waals surface area contributed by atoms with Crippen LogP contribution in [0.5, 0.6) is 0 Å². The average Bonchev–Trinajstić information content (AvgIpc) is 3.17. The van der Waals surface area contributed by atoms with E-state index in [-0.39, 0.29) is 34.9 Å². The molecule has 1 heterocycles. The lowest BCUT2D eigenvalue weighted by Crippen LogP contribution is -2.62. The molecular weight excluding hydrogens is 835 g/mol. The van der Waals surface area contributed by atoms with E-state index in [4.69, 9.17) is 13.6 Å². The number of nitrogens with zero attached hydrogens (tertiary/aromatic N) is 1. The summed E-state index contributed by atoms with van der Waals surface area (Å²) in [5.74, 6) is -4.36. The van der Waals surface area contributed by atoms with E-state index in [1.807, 2.05) is 47.0 Å². The van der Waals surface area contributed by atoms with Crippen molar-refractivity contribution in [3.05, 3.63) is 0 Å². The third kappa shape index (κ3) is 19.3. The van der Waals surface area contributed by atoms with Gasteiger partial charge in [-0.15, -0.1) is 0 Å².